The minimum atomic E-state index is -0.0566. The van der Waals surface area contributed by atoms with E-state index in [4.69, 9.17) is 0 Å². The average Bonchev–Trinajstić information content (AvgIpc) is 2.15. The zero-order valence-corrected chi connectivity index (χ0v) is 8.10. The molecule has 0 bridgehead atoms. The highest BCUT2D eigenvalue weighted by Crippen LogP contribution is 2.08. The van der Waals surface area contributed by atoms with E-state index < -0.39 is 0 Å². The van der Waals surface area contributed by atoms with Crippen LogP contribution in [0.1, 0.15) is 17.0 Å². The summed E-state index contributed by atoms with van der Waals surface area (Å²) in [5.74, 6) is 0.245. The third-order valence-electron chi connectivity index (χ3n) is 2.34. The van der Waals surface area contributed by atoms with Crippen LogP contribution in [0, 0.1) is 0 Å². The predicted octanol–water partition coefficient (Wildman–Crippen LogP) is -0.300. The number of hydrogen-bond donors (Lipinski definition) is 0. The van der Waals surface area contributed by atoms with Gasteiger partial charge in [-0.3, -0.25) is 4.79 Å². The molecule has 0 aromatic carbocycles. The van der Waals surface area contributed by atoms with Crippen LogP contribution in [-0.2, 0) is 0 Å². The first-order chi connectivity index (χ1) is 6.81. The Kier molecular flexibility index (Phi) is 2.48. The van der Waals surface area contributed by atoms with E-state index in [-0.39, 0.29) is 5.91 Å². The van der Waals surface area contributed by atoms with Gasteiger partial charge in [0.1, 0.15) is 0 Å². The summed E-state index contributed by atoms with van der Waals surface area (Å²) in [5.41, 5.74) is 0.935. The molecule has 14 heavy (non-hydrogen) atoms. The molecule has 2 heterocycles. The highest BCUT2D eigenvalue weighted by molar-refractivity contribution is 6.51. The summed E-state index contributed by atoms with van der Waals surface area (Å²) in [7, 11) is 1.90. The van der Waals surface area contributed by atoms with Gasteiger partial charge in [0.15, 0.2) is 7.28 Å². The van der Waals surface area contributed by atoms with E-state index in [1.165, 1.54) is 0 Å². The first-order valence-electron chi connectivity index (χ1n) is 4.72. The number of aromatic nitrogens is 2. The fourth-order valence-corrected chi connectivity index (χ4v) is 1.26. The molecular formula is C9H11BN3O. The van der Waals surface area contributed by atoms with E-state index in [2.05, 4.69) is 9.97 Å². The Hall–Kier alpha value is -1.39. The monoisotopic (exact) mass is 188 g/mol. The largest absolute Gasteiger partial charge is 0.336 e. The van der Waals surface area contributed by atoms with Gasteiger partial charge in [-0.1, -0.05) is 12.3 Å². The number of amides is 1. The van der Waals surface area contributed by atoms with Crippen LogP contribution in [-0.4, -0.2) is 41.1 Å². The highest BCUT2D eigenvalue weighted by Gasteiger charge is 2.23. The lowest BCUT2D eigenvalue weighted by Crippen LogP contribution is -2.42. The molecule has 1 aliphatic rings. The van der Waals surface area contributed by atoms with Gasteiger partial charge in [0.2, 0.25) is 5.82 Å². The van der Waals surface area contributed by atoms with Crippen LogP contribution in [0.5, 0.6) is 0 Å². The summed E-state index contributed by atoms with van der Waals surface area (Å²) in [4.78, 5) is 21.4. The lowest BCUT2D eigenvalue weighted by Gasteiger charge is -2.29. The Labute approximate surface area is 83.6 Å². The number of likely N-dealkylation sites (tertiary alicyclic amines) is 1. The van der Waals surface area contributed by atoms with Crippen molar-refractivity contribution in [3.63, 3.8) is 0 Å². The maximum Gasteiger partial charge on any atom is 0.291 e. The van der Waals surface area contributed by atoms with Gasteiger partial charge in [0.25, 0.3) is 5.91 Å². The minimum Gasteiger partial charge on any atom is -0.336 e. The van der Waals surface area contributed by atoms with Gasteiger partial charge in [-0.05, 0) is 6.42 Å². The fraction of sp³-hybridized carbons (Fsp3) is 0.444. The summed E-state index contributed by atoms with van der Waals surface area (Å²) in [6.07, 6.45) is 4.42. The molecule has 0 N–H and O–H groups in total. The number of nitrogens with zero attached hydrogens (tertiary/aromatic N) is 3. The molecule has 1 radical (unpaired) electrons. The van der Waals surface area contributed by atoms with Crippen LogP contribution < -0.4 is 5.46 Å². The molecule has 0 unspecified atom stereocenters. The van der Waals surface area contributed by atoms with E-state index in [1.807, 2.05) is 14.1 Å². The molecule has 0 atom stereocenters. The third-order valence-corrected chi connectivity index (χ3v) is 2.34. The molecule has 1 aromatic heterocycles. The second-order valence-electron chi connectivity index (χ2n) is 3.27. The van der Waals surface area contributed by atoms with Crippen LogP contribution in [0.3, 0.4) is 0 Å². The van der Waals surface area contributed by atoms with E-state index in [0.717, 1.165) is 25.0 Å². The minimum absolute atomic E-state index is 0.0566. The van der Waals surface area contributed by atoms with Crippen LogP contribution in [0.2, 0.25) is 6.82 Å². The Morgan fingerprint density at radius 2 is 2.07 bits per heavy atom. The van der Waals surface area contributed by atoms with Gasteiger partial charge in [-0.2, -0.15) is 0 Å². The summed E-state index contributed by atoms with van der Waals surface area (Å²) in [5, 5.41) is 0. The number of carbonyl (C=O) groups excluding carboxylic acids is 1. The molecule has 0 spiro atoms. The summed E-state index contributed by atoms with van der Waals surface area (Å²) in [6, 6.07) is 0. The van der Waals surface area contributed by atoms with Crippen molar-refractivity contribution in [1.82, 2.24) is 14.9 Å². The predicted molar refractivity (Wildman–Crippen MR) is 53.8 cm³/mol. The zero-order chi connectivity index (χ0) is 9.97. The van der Waals surface area contributed by atoms with Crippen molar-refractivity contribution in [2.45, 2.75) is 13.2 Å². The van der Waals surface area contributed by atoms with Gasteiger partial charge in [0, 0.05) is 25.5 Å². The Balaban J connectivity index is 2.11. The van der Waals surface area contributed by atoms with Gasteiger partial charge in [-0.15, -0.1) is 0 Å². The van der Waals surface area contributed by atoms with Crippen molar-refractivity contribution in [3.05, 3.63) is 18.2 Å². The molecule has 1 amide bonds. The molecule has 1 aromatic rings. The number of carbonyl (C=O) groups is 1. The van der Waals surface area contributed by atoms with E-state index in [0.29, 0.717) is 5.82 Å². The molecule has 1 saturated heterocycles. The molecule has 0 aliphatic carbocycles. The first kappa shape index (κ1) is 9.18. The van der Waals surface area contributed by atoms with Crippen molar-refractivity contribution >= 4 is 18.6 Å². The maximum absolute atomic E-state index is 11.6. The molecule has 71 valence electrons. The second-order valence-corrected chi connectivity index (χ2v) is 3.27. The van der Waals surface area contributed by atoms with E-state index in [1.54, 1.807) is 17.3 Å². The van der Waals surface area contributed by atoms with Gasteiger partial charge in [-0.25, -0.2) is 9.97 Å². The van der Waals surface area contributed by atoms with Crippen molar-refractivity contribution in [2.24, 2.45) is 0 Å². The molecule has 2 rings (SSSR count). The normalized spacial score (nSPS) is 14.8. The maximum atomic E-state index is 11.6. The smallest absolute Gasteiger partial charge is 0.291 e. The second kappa shape index (κ2) is 3.78. The Morgan fingerprint density at radius 3 is 2.50 bits per heavy atom. The Morgan fingerprint density at radius 1 is 1.43 bits per heavy atom. The quantitative estimate of drug-likeness (QED) is 0.598. The van der Waals surface area contributed by atoms with Crippen molar-refractivity contribution in [1.29, 1.82) is 0 Å². The molecular weight excluding hydrogens is 177 g/mol. The van der Waals surface area contributed by atoms with Crippen molar-refractivity contribution < 1.29 is 4.79 Å². The van der Waals surface area contributed by atoms with Gasteiger partial charge in [0.05, 0.1) is 0 Å². The molecule has 5 heteroatoms. The van der Waals surface area contributed by atoms with Gasteiger partial charge >= 0.3 is 0 Å². The van der Waals surface area contributed by atoms with E-state index in [9.17, 15) is 4.79 Å². The van der Waals surface area contributed by atoms with Crippen molar-refractivity contribution in [2.75, 3.05) is 13.1 Å². The van der Waals surface area contributed by atoms with Crippen LogP contribution in [0.4, 0.5) is 0 Å². The first-order valence-corrected chi connectivity index (χ1v) is 4.72. The van der Waals surface area contributed by atoms with Crippen LogP contribution in [0.25, 0.3) is 0 Å². The standard InChI is InChI=1S/C9H11BN3O/c1-10-7-5-11-8(12-6-7)9(14)13-3-2-4-13/h5-6H,2-4H2,1H3. The number of hydrogen-bond acceptors (Lipinski definition) is 3. The Bertz CT molecular complexity index is 334. The number of rotatable bonds is 2. The van der Waals surface area contributed by atoms with Crippen molar-refractivity contribution in [3.8, 4) is 0 Å². The SMILES string of the molecule is C[B]c1cnc(C(=O)N2CCC2)nc1. The average molecular weight is 188 g/mol. The molecule has 4 nitrogen and oxygen atoms in total. The summed E-state index contributed by atoms with van der Waals surface area (Å²) in [6.45, 7) is 3.59. The summed E-state index contributed by atoms with van der Waals surface area (Å²) < 4.78 is 0. The van der Waals surface area contributed by atoms with Crippen LogP contribution in [0.15, 0.2) is 12.4 Å². The highest BCUT2D eigenvalue weighted by atomic mass is 16.2. The topological polar surface area (TPSA) is 46.1 Å². The molecule has 0 saturated carbocycles. The lowest BCUT2D eigenvalue weighted by molar-refractivity contribution is 0.0639. The van der Waals surface area contributed by atoms with Gasteiger partial charge < -0.3 is 4.90 Å². The van der Waals surface area contributed by atoms with Crippen LogP contribution >= 0.6 is 0 Å². The van der Waals surface area contributed by atoms with E-state index >= 15 is 0 Å². The fourth-order valence-electron chi connectivity index (χ4n) is 1.26. The lowest BCUT2D eigenvalue weighted by atomic mass is 9.75. The zero-order valence-electron chi connectivity index (χ0n) is 8.10. The molecule has 1 aliphatic heterocycles. The summed E-state index contributed by atoms with van der Waals surface area (Å²) >= 11 is 0. The third kappa shape index (κ3) is 1.62. The molecule has 1 fully saturated rings.